The molecule has 0 atom stereocenters. The maximum atomic E-state index is 4.57. The highest BCUT2D eigenvalue weighted by atomic mass is 32.1. The SMILES string of the molecule is CC(C)(C)c1ccc2nc(-c3cscn3)[nH]c2c1. The Balaban J connectivity index is 2.13. The molecular formula is C14H15N3S. The van der Waals surface area contributed by atoms with E-state index in [4.69, 9.17) is 0 Å². The van der Waals surface area contributed by atoms with Gasteiger partial charge >= 0.3 is 0 Å². The van der Waals surface area contributed by atoms with Gasteiger partial charge in [-0.1, -0.05) is 26.8 Å². The Kier molecular flexibility index (Phi) is 2.48. The van der Waals surface area contributed by atoms with Crippen LogP contribution in [-0.4, -0.2) is 15.0 Å². The van der Waals surface area contributed by atoms with Crippen LogP contribution in [0.3, 0.4) is 0 Å². The van der Waals surface area contributed by atoms with Gasteiger partial charge in [0, 0.05) is 5.38 Å². The van der Waals surface area contributed by atoms with Gasteiger partial charge in [0.25, 0.3) is 0 Å². The van der Waals surface area contributed by atoms with Crippen molar-refractivity contribution >= 4 is 22.4 Å². The number of benzene rings is 1. The summed E-state index contributed by atoms with van der Waals surface area (Å²) in [6.07, 6.45) is 0. The summed E-state index contributed by atoms with van der Waals surface area (Å²) in [6, 6.07) is 6.40. The summed E-state index contributed by atoms with van der Waals surface area (Å²) in [4.78, 5) is 12.2. The van der Waals surface area contributed by atoms with Crippen molar-refractivity contribution in [3.8, 4) is 11.5 Å². The molecule has 0 radical (unpaired) electrons. The Bertz CT molecular complexity index is 675. The van der Waals surface area contributed by atoms with Gasteiger partial charge in [-0.25, -0.2) is 9.97 Å². The quantitative estimate of drug-likeness (QED) is 0.716. The summed E-state index contributed by atoms with van der Waals surface area (Å²) in [5.41, 5.74) is 6.26. The first kappa shape index (κ1) is 11.4. The van der Waals surface area contributed by atoms with Gasteiger partial charge < -0.3 is 4.98 Å². The van der Waals surface area contributed by atoms with Crippen LogP contribution in [0.2, 0.25) is 0 Å². The number of aromatic amines is 1. The molecule has 92 valence electrons. The molecule has 0 aliphatic rings. The predicted molar refractivity (Wildman–Crippen MR) is 75.9 cm³/mol. The fourth-order valence-electron chi connectivity index (χ4n) is 1.93. The Morgan fingerprint density at radius 1 is 1.22 bits per heavy atom. The second-order valence-electron chi connectivity index (χ2n) is 5.44. The van der Waals surface area contributed by atoms with Crippen LogP contribution in [0, 0.1) is 0 Å². The Morgan fingerprint density at radius 3 is 2.72 bits per heavy atom. The molecule has 0 aliphatic heterocycles. The highest BCUT2D eigenvalue weighted by Crippen LogP contribution is 2.26. The molecule has 3 aromatic rings. The minimum absolute atomic E-state index is 0.153. The molecule has 0 aliphatic carbocycles. The third-order valence-corrected chi connectivity index (χ3v) is 3.61. The molecule has 0 amide bonds. The Morgan fingerprint density at radius 2 is 2.06 bits per heavy atom. The lowest BCUT2D eigenvalue weighted by Crippen LogP contribution is -2.10. The number of aromatic nitrogens is 3. The number of thiazole rings is 1. The minimum Gasteiger partial charge on any atom is -0.337 e. The molecule has 0 saturated heterocycles. The van der Waals surface area contributed by atoms with Crippen molar-refractivity contribution in [2.75, 3.05) is 0 Å². The first-order valence-corrected chi connectivity index (χ1v) is 6.87. The summed E-state index contributed by atoms with van der Waals surface area (Å²) in [5.74, 6) is 0.845. The maximum Gasteiger partial charge on any atom is 0.158 e. The second kappa shape index (κ2) is 3.92. The van der Waals surface area contributed by atoms with Gasteiger partial charge in [0.2, 0.25) is 0 Å². The number of nitrogens with one attached hydrogen (secondary N) is 1. The monoisotopic (exact) mass is 257 g/mol. The van der Waals surface area contributed by atoms with Crippen LogP contribution in [0.25, 0.3) is 22.6 Å². The van der Waals surface area contributed by atoms with E-state index in [0.29, 0.717) is 0 Å². The summed E-state index contributed by atoms with van der Waals surface area (Å²) < 4.78 is 0. The normalized spacial score (nSPS) is 12.2. The fraction of sp³-hybridized carbons (Fsp3) is 0.286. The van der Waals surface area contributed by atoms with Crippen LogP contribution in [0.4, 0.5) is 0 Å². The van der Waals surface area contributed by atoms with Gasteiger partial charge in [-0.3, -0.25) is 0 Å². The van der Waals surface area contributed by atoms with Gasteiger partial charge in [-0.2, -0.15) is 0 Å². The van der Waals surface area contributed by atoms with Crippen molar-refractivity contribution in [1.29, 1.82) is 0 Å². The third-order valence-electron chi connectivity index (χ3n) is 3.02. The van der Waals surface area contributed by atoms with Gasteiger partial charge in [-0.05, 0) is 23.1 Å². The van der Waals surface area contributed by atoms with Gasteiger partial charge in [0.1, 0.15) is 5.69 Å². The Labute approximate surface area is 110 Å². The average molecular weight is 257 g/mol. The van der Waals surface area contributed by atoms with Crippen molar-refractivity contribution in [3.63, 3.8) is 0 Å². The lowest BCUT2D eigenvalue weighted by atomic mass is 9.87. The standard InChI is InChI=1S/C14H15N3S/c1-14(2,3)9-4-5-10-11(6-9)17-13(16-10)12-7-18-8-15-12/h4-8H,1-3H3,(H,16,17). The number of hydrogen-bond acceptors (Lipinski definition) is 3. The minimum atomic E-state index is 0.153. The molecule has 3 nitrogen and oxygen atoms in total. The first-order valence-electron chi connectivity index (χ1n) is 5.93. The number of rotatable bonds is 1. The number of H-pyrrole nitrogens is 1. The second-order valence-corrected chi connectivity index (χ2v) is 6.16. The van der Waals surface area contributed by atoms with E-state index in [1.165, 1.54) is 5.56 Å². The van der Waals surface area contributed by atoms with Crippen LogP contribution in [0.15, 0.2) is 29.1 Å². The van der Waals surface area contributed by atoms with Crippen LogP contribution in [0.1, 0.15) is 26.3 Å². The van der Waals surface area contributed by atoms with E-state index in [9.17, 15) is 0 Å². The molecule has 0 spiro atoms. The van der Waals surface area contributed by atoms with Crippen LogP contribution in [0.5, 0.6) is 0 Å². The van der Waals surface area contributed by atoms with Crippen molar-refractivity contribution < 1.29 is 0 Å². The molecular weight excluding hydrogens is 242 g/mol. The molecule has 1 N–H and O–H groups in total. The Hall–Kier alpha value is -1.68. The van der Waals surface area contributed by atoms with Crippen LogP contribution < -0.4 is 0 Å². The molecule has 3 rings (SSSR count). The summed E-state index contributed by atoms with van der Waals surface area (Å²) in [6.45, 7) is 6.64. The summed E-state index contributed by atoms with van der Waals surface area (Å²) >= 11 is 1.58. The highest BCUT2D eigenvalue weighted by Gasteiger charge is 2.15. The number of fused-ring (bicyclic) bond motifs is 1. The maximum absolute atomic E-state index is 4.57. The number of hydrogen-bond donors (Lipinski definition) is 1. The van der Waals surface area contributed by atoms with E-state index >= 15 is 0 Å². The molecule has 0 saturated carbocycles. The van der Waals surface area contributed by atoms with Crippen molar-refractivity contribution in [3.05, 3.63) is 34.7 Å². The zero-order valence-electron chi connectivity index (χ0n) is 10.7. The van der Waals surface area contributed by atoms with Gasteiger partial charge in [-0.15, -0.1) is 11.3 Å². The molecule has 18 heavy (non-hydrogen) atoms. The molecule has 4 heteroatoms. The molecule has 0 fully saturated rings. The third kappa shape index (κ3) is 1.93. The van der Waals surface area contributed by atoms with E-state index in [2.05, 4.69) is 53.9 Å². The molecule has 0 unspecified atom stereocenters. The van der Waals surface area contributed by atoms with E-state index in [-0.39, 0.29) is 5.41 Å². The van der Waals surface area contributed by atoms with E-state index < -0.39 is 0 Å². The van der Waals surface area contributed by atoms with Crippen LogP contribution >= 0.6 is 11.3 Å². The lowest BCUT2D eigenvalue weighted by Gasteiger charge is -2.18. The van der Waals surface area contributed by atoms with Crippen molar-refractivity contribution in [2.45, 2.75) is 26.2 Å². The predicted octanol–water partition coefficient (Wildman–Crippen LogP) is 3.98. The summed E-state index contributed by atoms with van der Waals surface area (Å²) in [7, 11) is 0. The van der Waals surface area contributed by atoms with E-state index in [1.54, 1.807) is 11.3 Å². The smallest absolute Gasteiger partial charge is 0.158 e. The summed E-state index contributed by atoms with van der Waals surface area (Å²) in [5, 5.41) is 2.00. The molecule has 2 aromatic heterocycles. The fourth-order valence-corrected chi connectivity index (χ4v) is 2.46. The molecule has 2 heterocycles. The lowest BCUT2D eigenvalue weighted by molar-refractivity contribution is 0.591. The van der Waals surface area contributed by atoms with Crippen molar-refractivity contribution in [1.82, 2.24) is 15.0 Å². The largest absolute Gasteiger partial charge is 0.337 e. The van der Waals surface area contributed by atoms with Gasteiger partial charge in [0.15, 0.2) is 5.82 Å². The van der Waals surface area contributed by atoms with E-state index in [1.807, 2.05) is 10.9 Å². The van der Waals surface area contributed by atoms with Crippen molar-refractivity contribution in [2.24, 2.45) is 0 Å². The highest BCUT2D eigenvalue weighted by molar-refractivity contribution is 7.07. The van der Waals surface area contributed by atoms with E-state index in [0.717, 1.165) is 22.6 Å². The van der Waals surface area contributed by atoms with Crippen LogP contribution in [-0.2, 0) is 5.41 Å². The topological polar surface area (TPSA) is 41.6 Å². The zero-order chi connectivity index (χ0) is 12.8. The zero-order valence-corrected chi connectivity index (χ0v) is 11.5. The number of nitrogens with zero attached hydrogens (tertiary/aromatic N) is 2. The molecule has 0 bridgehead atoms. The number of imidazole rings is 1. The molecule has 1 aromatic carbocycles. The van der Waals surface area contributed by atoms with Gasteiger partial charge in [0.05, 0.1) is 16.5 Å². The average Bonchev–Trinajstić information content (AvgIpc) is 2.95. The first-order chi connectivity index (χ1) is 8.54.